The fourth-order valence-corrected chi connectivity index (χ4v) is 4.27. The first-order valence-corrected chi connectivity index (χ1v) is 9.04. The van der Waals surface area contributed by atoms with Crippen molar-refractivity contribution in [2.45, 2.75) is 31.8 Å². The van der Waals surface area contributed by atoms with Gasteiger partial charge in [-0.2, -0.15) is 4.39 Å². The summed E-state index contributed by atoms with van der Waals surface area (Å²) in [4.78, 5) is 6.92. The third-order valence-electron chi connectivity index (χ3n) is 4.87. The Morgan fingerprint density at radius 2 is 2.08 bits per heavy atom. The van der Waals surface area contributed by atoms with Gasteiger partial charge < -0.3 is 0 Å². The van der Waals surface area contributed by atoms with Gasteiger partial charge >= 0.3 is 0 Å². The molecule has 0 saturated heterocycles. The molecule has 0 N–H and O–H groups in total. The molecule has 124 valence electrons. The number of aryl methyl sites for hydroxylation is 1. The van der Waals surface area contributed by atoms with E-state index in [9.17, 15) is 4.39 Å². The highest BCUT2D eigenvalue weighted by molar-refractivity contribution is 9.10. The molecule has 2 heterocycles. The number of imidazole rings is 1. The Balaban J connectivity index is 1.65. The Morgan fingerprint density at radius 1 is 1.25 bits per heavy atom. The van der Waals surface area contributed by atoms with Crippen LogP contribution in [0.1, 0.15) is 35.7 Å². The summed E-state index contributed by atoms with van der Waals surface area (Å²) in [5.41, 5.74) is 4.36. The standard InChI is InChI=1S/C19H19BrFN3/c1-23(16-9-4-7-13-6-2-3-8-14(13)16)12-15-19(20)24-17(21)10-5-11-18(24)22-15/h2-3,5-6,8,10-11,16H,4,7,9,12H2,1H3/t16-/m0/s1. The van der Waals surface area contributed by atoms with Crippen LogP contribution in [0, 0.1) is 5.95 Å². The highest BCUT2D eigenvalue weighted by Gasteiger charge is 2.25. The van der Waals surface area contributed by atoms with Gasteiger partial charge in [0.05, 0.1) is 5.69 Å². The zero-order valence-corrected chi connectivity index (χ0v) is 15.1. The lowest BCUT2D eigenvalue weighted by molar-refractivity contribution is 0.211. The highest BCUT2D eigenvalue weighted by atomic mass is 79.9. The van der Waals surface area contributed by atoms with Gasteiger partial charge in [0, 0.05) is 12.6 Å². The minimum Gasteiger partial charge on any atom is -0.293 e. The smallest absolute Gasteiger partial charge is 0.200 e. The summed E-state index contributed by atoms with van der Waals surface area (Å²) in [5.74, 6) is -0.302. The molecule has 3 aromatic rings. The summed E-state index contributed by atoms with van der Waals surface area (Å²) in [6.45, 7) is 0.681. The van der Waals surface area contributed by atoms with Crippen molar-refractivity contribution in [1.82, 2.24) is 14.3 Å². The van der Waals surface area contributed by atoms with E-state index in [-0.39, 0.29) is 5.95 Å². The number of benzene rings is 1. The van der Waals surface area contributed by atoms with E-state index in [1.807, 2.05) is 6.07 Å². The summed E-state index contributed by atoms with van der Waals surface area (Å²) in [6, 6.07) is 14.0. The maximum absolute atomic E-state index is 14.0. The average molecular weight is 388 g/mol. The van der Waals surface area contributed by atoms with E-state index in [1.165, 1.54) is 28.0 Å². The summed E-state index contributed by atoms with van der Waals surface area (Å²) in [7, 11) is 2.12. The molecule has 0 fully saturated rings. The summed E-state index contributed by atoms with van der Waals surface area (Å²) < 4.78 is 16.2. The summed E-state index contributed by atoms with van der Waals surface area (Å²) in [5, 5.41) is 0. The lowest BCUT2D eigenvalue weighted by Gasteiger charge is -2.33. The van der Waals surface area contributed by atoms with Crippen LogP contribution in [-0.2, 0) is 13.0 Å². The Bertz CT molecular complexity index is 889. The van der Waals surface area contributed by atoms with E-state index in [0.717, 1.165) is 18.5 Å². The third kappa shape index (κ3) is 2.66. The number of aromatic nitrogens is 2. The molecule has 24 heavy (non-hydrogen) atoms. The minimum atomic E-state index is -0.302. The van der Waals surface area contributed by atoms with Crippen molar-refractivity contribution < 1.29 is 4.39 Å². The van der Waals surface area contributed by atoms with Crippen LogP contribution in [0.2, 0.25) is 0 Å². The molecule has 1 aliphatic rings. The molecule has 0 saturated carbocycles. The molecule has 0 amide bonds. The topological polar surface area (TPSA) is 20.5 Å². The lowest BCUT2D eigenvalue weighted by Crippen LogP contribution is -2.27. The number of nitrogens with zero attached hydrogens (tertiary/aromatic N) is 3. The fraction of sp³-hybridized carbons (Fsp3) is 0.316. The molecule has 1 aliphatic carbocycles. The molecule has 5 heteroatoms. The molecule has 4 rings (SSSR count). The predicted molar refractivity (Wildman–Crippen MR) is 96.4 cm³/mol. The van der Waals surface area contributed by atoms with Crippen molar-refractivity contribution in [2.75, 3.05) is 7.05 Å². The second kappa shape index (κ2) is 6.30. The number of halogens is 2. The van der Waals surface area contributed by atoms with E-state index in [0.29, 0.717) is 22.8 Å². The van der Waals surface area contributed by atoms with Crippen LogP contribution in [0.4, 0.5) is 4.39 Å². The summed E-state index contributed by atoms with van der Waals surface area (Å²) in [6.07, 6.45) is 3.50. The van der Waals surface area contributed by atoms with Gasteiger partial charge in [-0.25, -0.2) is 4.98 Å². The van der Waals surface area contributed by atoms with Gasteiger partial charge in [0.15, 0.2) is 5.95 Å². The van der Waals surface area contributed by atoms with Gasteiger partial charge in [0.25, 0.3) is 0 Å². The van der Waals surface area contributed by atoms with Crippen molar-refractivity contribution >= 4 is 21.6 Å². The first-order valence-electron chi connectivity index (χ1n) is 8.24. The van der Waals surface area contributed by atoms with E-state index in [1.54, 1.807) is 6.07 Å². The Labute approximate surface area is 149 Å². The maximum Gasteiger partial charge on any atom is 0.200 e. The molecule has 0 bridgehead atoms. The lowest BCUT2D eigenvalue weighted by atomic mass is 9.87. The second-order valence-corrected chi connectivity index (χ2v) is 7.16. The van der Waals surface area contributed by atoms with Crippen molar-refractivity contribution in [3.63, 3.8) is 0 Å². The van der Waals surface area contributed by atoms with Crippen LogP contribution in [0.5, 0.6) is 0 Å². The highest BCUT2D eigenvalue weighted by Crippen LogP contribution is 2.34. The van der Waals surface area contributed by atoms with Crippen molar-refractivity contribution in [1.29, 1.82) is 0 Å². The zero-order valence-electron chi connectivity index (χ0n) is 13.5. The van der Waals surface area contributed by atoms with Crippen LogP contribution in [0.3, 0.4) is 0 Å². The number of rotatable bonds is 3. The molecule has 0 unspecified atom stereocenters. The number of hydrogen-bond acceptors (Lipinski definition) is 2. The first-order chi connectivity index (χ1) is 11.6. The molecule has 3 nitrogen and oxygen atoms in total. The van der Waals surface area contributed by atoms with Crippen LogP contribution in [0.25, 0.3) is 5.65 Å². The van der Waals surface area contributed by atoms with E-state index < -0.39 is 0 Å². The number of hydrogen-bond donors (Lipinski definition) is 0. The molecular weight excluding hydrogens is 369 g/mol. The minimum absolute atomic E-state index is 0.302. The van der Waals surface area contributed by atoms with Crippen LogP contribution in [0.15, 0.2) is 47.1 Å². The van der Waals surface area contributed by atoms with Crippen molar-refractivity contribution in [2.24, 2.45) is 0 Å². The van der Waals surface area contributed by atoms with E-state index in [4.69, 9.17) is 0 Å². The van der Waals surface area contributed by atoms with Gasteiger partial charge in [0.1, 0.15) is 10.3 Å². The maximum atomic E-state index is 14.0. The van der Waals surface area contributed by atoms with Gasteiger partial charge in [-0.05, 0) is 65.5 Å². The molecule has 2 aromatic heterocycles. The SMILES string of the molecule is CN(Cc1nc2cccc(F)n2c1Br)[C@H]1CCCc2ccccc21. The van der Waals surface area contributed by atoms with Gasteiger partial charge in [-0.15, -0.1) is 0 Å². The zero-order chi connectivity index (χ0) is 16.7. The van der Waals surface area contributed by atoms with Gasteiger partial charge in [0.2, 0.25) is 0 Å². The molecule has 0 aliphatic heterocycles. The van der Waals surface area contributed by atoms with Gasteiger partial charge in [-0.1, -0.05) is 30.3 Å². The normalized spacial score (nSPS) is 17.4. The van der Waals surface area contributed by atoms with Crippen LogP contribution < -0.4 is 0 Å². The third-order valence-corrected chi connectivity index (χ3v) is 5.69. The number of pyridine rings is 1. The largest absolute Gasteiger partial charge is 0.293 e. The molecule has 1 aromatic carbocycles. The van der Waals surface area contributed by atoms with Crippen LogP contribution >= 0.6 is 15.9 Å². The Hall–Kier alpha value is -1.72. The van der Waals surface area contributed by atoms with Crippen molar-refractivity contribution in [3.8, 4) is 0 Å². The van der Waals surface area contributed by atoms with E-state index in [2.05, 4.69) is 57.1 Å². The Kier molecular flexibility index (Phi) is 4.14. The van der Waals surface area contributed by atoms with E-state index >= 15 is 0 Å². The van der Waals surface area contributed by atoms with Gasteiger partial charge in [-0.3, -0.25) is 9.30 Å². The first kappa shape index (κ1) is 15.8. The summed E-state index contributed by atoms with van der Waals surface area (Å²) >= 11 is 3.52. The monoisotopic (exact) mass is 387 g/mol. The van der Waals surface area contributed by atoms with Crippen molar-refractivity contribution in [3.05, 3.63) is 69.8 Å². The Morgan fingerprint density at radius 3 is 2.92 bits per heavy atom. The average Bonchev–Trinajstić information content (AvgIpc) is 2.91. The molecule has 0 spiro atoms. The fourth-order valence-electron chi connectivity index (χ4n) is 3.70. The quantitative estimate of drug-likeness (QED) is 0.604. The molecular formula is C19H19BrFN3. The second-order valence-electron chi connectivity index (χ2n) is 6.41. The molecule has 1 atom stereocenters. The predicted octanol–water partition coefficient (Wildman–Crippen LogP) is 4.75. The number of fused-ring (bicyclic) bond motifs is 2. The van der Waals surface area contributed by atoms with Crippen LogP contribution in [-0.4, -0.2) is 21.3 Å². The molecule has 0 radical (unpaired) electrons.